The summed E-state index contributed by atoms with van der Waals surface area (Å²) in [6, 6.07) is 16.8. The highest BCUT2D eigenvalue weighted by Crippen LogP contribution is 2.32. The van der Waals surface area contributed by atoms with Crippen LogP contribution in [0.25, 0.3) is 0 Å². The number of nitrogens with one attached hydrogen (secondary N) is 1. The predicted octanol–water partition coefficient (Wildman–Crippen LogP) is 4.82. The van der Waals surface area contributed by atoms with E-state index in [-0.39, 0.29) is 23.6 Å². The van der Waals surface area contributed by atoms with E-state index in [1.165, 1.54) is 11.8 Å². The van der Waals surface area contributed by atoms with Crippen molar-refractivity contribution in [3.63, 3.8) is 0 Å². The van der Waals surface area contributed by atoms with Gasteiger partial charge in [-0.2, -0.15) is 0 Å². The summed E-state index contributed by atoms with van der Waals surface area (Å²) in [5.74, 6) is -0.169. The molecule has 2 amide bonds. The molecule has 2 heterocycles. The number of anilines is 2. The first-order valence-corrected chi connectivity index (χ1v) is 9.41. The molecule has 1 aliphatic heterocycles. The maximum Gasteiger partial charge on any atom is 0.291 e. The summed E-state index contributed by atoms with van der Waals surface area (Å²) in [7, 11) is 0. The first-order chi connectivity index (χ1) is 13.5. The Morgan fingerprint density at radius 3 is 2.71 bits per heavy atom. The third kappa shape index (κ3) is 3.31. The molecule has 0 saturated heterocycles. The number of amides is 2. The fourth-order valence-electron chi connectivity index (χ4n) is 3.62. The molecule has 0 spiro atoms. The van der Waals surface area contributed by atoms with Gasteiger partial charge < -0.3 is 14.6 Å². The lowest BCUT2D eigenvalue weighted by atomic mass is 9.95. The second kappa shape index (κ2) is 7.35. The van der Waals surface area contributed by atoms with Crippen molar-refractivity contribution in [2.24, 2.45) is 0 Å². The number of rotatable bonds is 3. The Morgan fingerprint density at radius 2 is 1.93 bits per heavy atom. The zero-order chi connectivity index (χ0) is 19.7. The summed E-state index contributed by atoms with van der Waals surface area (Å²) >= 11 is 0. The van der Waals surface area contributed by atoms with Crippen molar-refractivity contribution in [3.8, 4) is 0 Å². The number of hydrogen-bond donors (Lipinski definition) is 1. The van der Waals surface area contributed by atoms with Gasteiger partial charge in [0.1, 0.15) is 0 Å². The third-order valence-electron chi connectivity index (χ3n) is 5.22. The Hall–Kier alpha value is -3.34. The van der Waals surface area contributed by atoms with Crippen LogP contribution in [0.5, 0.6) is 0 Å². The van der Waals surface area contributed by atoms with Gasteiger partial charge in [0.15, 0.2) is 5.76 Å². The van der Waals surface area contributed by atoms with Gasteiger partial charge in [0, 0.05) is 23.0 Å². The lowest BCUT2D eigenvalue weighted by Gasteiger charge is -2.35. The molecule has 0 fully saturated rings. The zero-order valence-electron chi connectivity index (χ0n) is 15.9. The number of benzene rings is 2. The summed E-state index contributed by atoms with van der Waals surface area (Å²) < 4.78 is 5.15. The highest BCUT2D eigenvalue weighted by molar-refractivity contribution is 6.09. The SMILES string of the molecule is Cc1ccc(C(=O)N2c3ccccc3CCC2C)cc1NC(=O)c1ccco1. The lowest BCUT2D eigenvalue weighted by molar-refractivity contribution is 0.0971. The molecule has 1 unspecified atom stereocenters. The molecule has 0 saturated carbocycles. The molecule has 2 aromatic carbocycles. The molecule has 1 aromatic heterocycles. The Bertz CT molecular complexity index is 1020. The van der Waals surface area contributed by atoms with Crippen molar-refractivity contribution in [1.82, 2.24) is 0 Å². The Balaban J connectivity index is 1.64. The van der Waals surface area contributed by atoms with Crippen LogP contribution in [0.1, 0.15) is 45.4 Å². The number of hydrogen-bond acceptors (Lipinski definition) is 3. The summed E-state index contributed by atoms with van der Waals surface area (Å²) in [4.78, 5) is 27.5. The highest BCUT2D eigenvalue weighted by Gasteiger charge is 2.29. The minimum Gasteiger partial charge on any atom is -0.459 e. The summed E-state index contributed by atoms with van der Waals surface area (Å²) in [5, 5.41) is 2.84. The van der Waals surface area contributed by atoms with Crippen LogP contribution in [0, 0.1) is 6.92 Å². The molecule has 4 rings (SSSR count). The second-order valence-corrected chi connectivity index (χ2v) is 7.15. The Labute approximate surface area is 164 Å². The Kier molecular flexibility index (Phi) is 4.74. The maximum absolute atomic E-state index is 13.3. The topological polar surface area (TPSA) is 62.6 Å². The second-order valence-electron chi connectivity index (χ2n) is 7.15. The molecule has 0 radical (unpaired) electrons. The van der Waals surface area contributed by atoms with Gasteiger partial charge in [-0.15, -0.1) is 0 Å². The lowest BCUT2D eigenvalue weighted by Crippen LogP contribution is -2.42. The van der Waals surface area contributed by atoms with Crippen LogP contribution in [-0.4, -0.2) is 17.9 Å². The number of carbonyl (C=O) groups is 2. The van der Waals surface area contributed by atoms with Crippen LogP contribution >= 0.6 is 0 Å². The van der Waals surface area contributed by atoms with E-state index in [4.69, 9.17) is 4.42 Å². The molecule has 28 heavy (non-hydrogen) atoms. The van der Waals surface area contributed by atoms with Crippen molar-refractivity contribution >= 4 is 23.2 Å². The number of para-hydroxylation sites is 1. The average Bonchev–Trinajstić information content (AvgIpc) is 3.24. The smallest absolute Gasteiger partial charge is 0.291 e. The van der Waals surface area contributed by atoms with Crippen molar-refractivity contribution < 1.29 is 14.0 Å². The van der Waals surface area contributed by atoms with Gasteiger partial charge in [0.25, 0.3) is 11.8 Å². The van der Waals surface area contributed by atoms with Gasteiger partial charge in [0.2, 0.25) is 0 Å². The molecule has 1 atom stereocenters. The molecule has 142 valence electrons. The van der Waals surface area contributed by atoms with E-state index in [0.717, 1.165) is 24.1 Å². The monoisotopic (exact) mass is 374 g/mol. The molecule has 5 heteroatoms. The molecule has 0 bridgehead atoms. The van der Waals surface area contributed by atoms with Gasteiger partial charge in [-0.25, -0.2) is 0 Å². The largest absolute Gasteiger partial charge is 0.459 e. The summed E-state index contributed by atoms with van der Waals surface area (Å²) in [6.45, 7) is 3.96. The number of nitrogens with zero attached hydrogens (tertiary/aromatic N) is 1. The molecule has 1 aliphatic rings. The molecule has 0 aliphatic carbocycles. The minimum atomic E-state index is -0.339. The standard InChI is InChI=1S/C23H22N2O3/c1-15-9-11-18(14-19(15)24-22(26)21-8-5-13-28-21)23(27)25-16(2)10-12-17-6-3-4-7-20(17)25/h3-9,11,13-14,16H,10,12H2,1-2H3,(H,24,26). The first kappa shape index (κ1) is 18.0. The summed E-state index contributed by atoms with van der Waals surface area (Å²) in [5.41, 5.74) is 4.18. The molecular weight excluding hydrogens is 352 g/mol. The average molecular weight is 374 g/mol. The van der Waals surface area contributed by atoms with Gasteiger partial charge in [0.05, 0.1) is 6.26 Å². The zero-order valence-corrected chi connectivity index (χ0v) is 15.9. The highest BCUT2D eigenvalue weighted by atomic mass is 16.3. The molecule has 5 nitrogen and oxygen atoms in total. The quantitative estimate of drug-likeness (QED) is 0.715. The van der Waals surface area contributed by atoms with Crippen molar-refractivity contribution in [3.05, 3.63) is 83.3 Å². The van der Waals surface area contributed by atoms with Crippen LogP contribution in [0.2, 0.25) is 0 Å². The van der Waals surface area contributed by atoms with Crippen molar-refractivity contribution in [2.45, 2.75) is 32.7 Å². The van der Waals surface area contributed by atoms with Gasteiger partial charge in [-0.05, 0) is 68.1 Å². The Morgan fingerprint density at radius 1 is 1.11 bits per heavy atom. The number of aryl methyl sites for hydroxylation is 2. The van der Waals surface area contributed by atoms with E-state index in [0.29, 0.717) is 11.3 Å². The van der Waals surface area contributed by atoms with Crippen LogP contribution in [0.4, 0.5) is 11.4 Å². The van der Waals surface area contributed by atoms with E-state index >= 15 is 0 Å². The van der Waals surface area contributed by atoms with Crippen LogP contribution in [0.3, 0.4) is 0 Å². The van der Waals surface area contributed by atoms with E-state index in [2.05, 4.69) is 18.3 Å². The van der Waals surface area contributed by atoms with E-state index in [1.807, 2.05) is 42.2 Å². The number of carbonyl (C=O) groups excluding carboxylic acids is 2. The van der Waals surface area contributed by atoms with Crippen LogP contribution in [0.15, 0.2) is 65.3 Å². The van der Waals surface area contributed by atoms with Gasteiger partial charge >= 0.3 is 0 Å². The van der Waals surface area contributed by atoms with Crippen LogP contribution in [-0.2, 0) is 6.42 Å². The van der Waals surface area contributed by atoms with Crippen molar-refractivity contribution in [1.29, 1.82) is 0 Å². The van der Waals surface area contributed by atoms with E-state index in [1.54, 1.807) is 18.2 Å². The number of furan rings is 1. The predicted molar refractivity (Wildman–Crippen MR) is 109 cm³/mol. The fraction of sp³-hybridized carbons (Fsp3) is 0.217. The molecule has 3 aromatic rings. The van der Waals surface area contributed by atoms with Crippen LogP contribution < -0.4 is 10.2 Å². The first-order valence-electron chi connectivity index (χ1n) is 9.41. The fourth-order valence-corrected chi connectivity index (χ4v) is 3.62. The van der Waals surface area contributed by atoms with Gasteiger partial charge in [-0.1, -0.05) is 24.3 Å². The minimum absolute atomic E-state index is 0.0619. The van der Waals surface area contributed by atoms with Crippen molar-refractivity contribution in [2.75, 3.05) is 10.2 Å². The van der Waals surface area contributed by atoms with E-state index < -0.39 is 0 Å². The third-order valence-corrected chi connectivity index (χ3v) is 5.22. The molecular formula is C23H22N2O3. The van der Waals surface area contributed by atoms with Gasteiger partial charge in [-0.3, -0.25) is 9.59 Å². The maximum atomic E-state index is 13.3. The van der Waals surface area contributed by atoms with E-state index in [9.17, 15) is 9.59 Å². The normalized spacial score (nSPS) is 15.8. The molecule has 1 N–H and O–H groups in total. The summed E-state index contributed by atoms with van der Waals surface area (Å²) in [6.07, 6.45) is 3.35. The number of fused-ring (bicyclic) bond motifs is 1.